The fourth-order valence-electron chi connectivity index (χ4n) is 2.23. The van der Waals surface area contributed by atoms with Gasteiger partial charge in [-0.25, -0.2) is 9.97 Å². The summed E-state index contributed by atoms with van der Waals surface area (Å²) in [6.07, 6.45) is -2.24. The van der Waals surface area contributed by atoms with Crippen molar-refractivity contribution in [3.05, 3.63) is 22.8 Å². The lowest BCUT2D eigenvalue weighted by Gasteiger charge is -2.12. The van der Waals surface area contributed by atoms with E-state index in [9.17, 15) is 13.2 Å². The highest BCUT2D eigenvalue weighted by Gasteiger charge is 2.27. The molecule has 3 nitrogen and oxygen atoms in total. The first-order valence-electron chi connectivity index (χ1n) is 7.44. The predicted molar refractivity (Wildman–Crippen MR) is 77.4 cm³/mol. The minimum absolute atomic E-state index is 0.149. The molecular weight excluding hydrogens is 279 g/mol. The number of alkyl halides is 3. The lowest BCUT2D eigenvalue weighted by Crippen LogP contribution is -2.17. The Balaban J connectivity index is 2.58. The molecule has 21 heavy (non-hydrogen) atoms. The van der Waals surface area contributed by atoms with E-state index < -0.39 is 12.6 Å². The van der Waals surface area contributed by atoms with Crippen molar-refractivity contribution in [1.82, 2.24) is 15.3 Å². The molecule has 120 valence electrons. The van der Waals surface area contributed by atoms with Gasteiger partial charge in [0.15, 0.2) is 0 Å². The highest BCUT2D eigenvalue weighted by Crippen LogP contribution is 2.22. The summed E-state index contributed by atoms with van der Waals surface area (Å²) in [5, 5.41) is 3.33. The van der Waals surface area contributed by atoms with Crippen LogP contribution in [0.15, 0.2) is 0 Å². The quantitative estimate of drug-likeness (QED) is 0.747. The Labute approximate surface area is 124 Å². The summed E-state index contributed by atoms with van der Waals surface area (Å²) in [7, 11) is 0. The molecule has 0 aromatic carbocycles. The molecule has 1 aromatic heterocycles. The molecular formula is C15H24F3N3. The first-order valence-corrected chi connectivity index (χ1v) is 7.44. The zero-order valence-electron chi connectivity index (χ0n) is 13.0. The van der Waals surface area contributed by atoms with Crippen LogP contribution in [-0.2, 0) is 12.8 Å². The van der Waals surface area contributed by atoms with Crippen LogP contribution in [0.5, 0.6) is 0 Å². The van der Waals surface area contributed by atoms with E-state index in [0.29, 0.717) is 0 Å². The molecule has 0 spiro atoms. The van der Waals surface area contributed by atoms with Gasteiger partial charge in [0, 0.05) is 17.8 Å². The Kier molecular flexibility index (Phi) is 7.08. The van der Waals surface area contributed by atoms with Crippen molar-refractivity contribution in [2.24, 2.45) is 0 Å². The number of nitrogens with one attached hydrogen (secondary N) is 1. The zero-order valence-corrected chi connectivity index (χ0v) is 13.0. The van der Waals surface area contributed by atoms with E-state index in [0.717, 1.165) is 49.3 Å². The standard InChI is InChI=1S/C15H24F3N3/c1-4-9-19-10-5-6-13-11(2)20-14(21-12(13)3)7-8-15(16,17)18/h19H,4-10H2,1-3H3. The number of hydrogen-bond donors (Lipinski definition) is 1. The molecule has 1 aromatic rings. The maximum Gasteiger partial charge on any atom is 0.389 e. The van der Waals surface area contributed by atoms with Crippen LogP contribution in [0.3, 0.4) is 0 Å². The topological polar surface area (TPSA) is 37.8 Å². The first kappa shape index (κ1) is 17.9. The van der Waals surface area contributed by atoms with Gasteiger partial charge in [0.25, 0.3) is 0 Å². The van der Waals surface area contributed by atoms with Crippen LogP contribution >= 0.6 is 0 Å². The summed E-state index contributed by atoms with van der Waals surface area (Å²) in [6, 6.07) is 0. The van der Waals surface area contributed by atoms with Gasteiger partial charge < -0.3 is 5.32 Å². The Morgan fingerprint density at radius 3 is 2.14 bits per heavy atom. The number of nitrogens with zero attached hydrogens (tertiary/aromatic N) is 2. The Hall–Kier alpha value is -1.17. The van der Waals surface area contributed by atoms with Crippen LogP contribution in [0.1, 0.15) is 49.0 Å². The molecule has 0 atom stereocenters. The van der Waals surface area contributed by atoms with E-state index in [1.54, 1.807) is 0 Å². The van der Waals surface area contributed by atoms with Gasteiger partial charge in [0.05, 0.1) is 6.42 Å². The summed E-state index contributed by atoms with van der Waals surface area (Å²) >= 11 is 0. The minimum atomic E-state index is -4.16. The van der Waals surface area contributed by atoms with E-state index in [1.165, 1.54) is 0 Å². The number of aryl methyl sites for hydroxylation is 3. The molecule has 0 aliphatic carbocycles. The average molecular weight is 303 g/mol. The molecule has 0 aliphatic rings. The molecule has 1 heterocycles. The maximum absolute atomic E-state index is 12.2. The summed E-state index contributed by atoms with van der Waals surface area (Å²) < 4.78 is 36.7. The molecule has 0 bridgehead atoms. The van der Waals surface area contributed by atoms with Crippen LogP contribution in [0.4, 0.5) is 13.2 Å². The predicted octanol–water partition coefficient (Wildman–Crippen LogP) is 3.52. The molecule has 6 heteroatoms. The summed E-state index contributed by atoms with van der Waals surface area (Å²) in [4.78, 5) is 8.44. The van der Waals surface area contributed by atoms with Gasteiger partial charge in [-0.2, -0.15) is 13.2 Å². The number of aromatic nitrogens is 2. The summed E-state index contributed by atoms with van der Waals surface area (Å²) in [5.74, 6) is 0.287. The van der Waals surface area contributed by atoms with Crippen molar-refractivity contribution >= 4 is 0 Å². The van der Waals surface area contributed by atoms with E-state index in [4.69, 9.17) is 0 Å². The largest absolute Gasteiger partial charge is 0.389 e. The molecule has 1 rings (SSSR count). The van der Waals surface area contributed by atoms with E-state index >= 15 is 0 Å². The monoisotopic (exact) mass is 303 g/mol. The van der Waals surface area contributed by atoms with Gasteiger partial charge >= 0.3 is 6.18 Å². The van der Waals surface area contributed by atoms with Crippen molar-refractivity contribution in [1.29, 1.82) is 0 Å². The molecule has 0 radical (unpaired) electrons. The summed E-state index contributed by atoms with van der Waals surface area (Å²) in [6.45, 7) is 7.75. The SMILES string of the molecule is CCCNCCCc1c(C)nc(CCC(F)(F)F)nc1C. The fraction of sp³-hybridized carbons (Fsp3) is 0.733. The van der Waals surface area contributed by atoms with Gasteiger partial charge in [0.2, 0.25) is 0 Å². The first-order chi connectivity index (χ1) is 9.83. The smallest absolute Gasteiger partial charge is 0.317 e. The van der Waals surface area contributed by atoms with Crippen LogP contribution in [-0.4, -0.2) is 29.2 Å². The second kappa shape index (κ2) is 8.32. The Morgan fingerprint density at radius 2 is 1.62 bits per heavy atom. The number of hydrogen-bond acceptors (Lipinski definition) is 3. The van der Waals surface area contributed by atoms with Crippen molar-refractivity contribution in [2.45, 2.75) is 59.1 Å². The molecule has 0 fully saturated rings. The second-order valence-electron chi connectivity index (χ2n) is 5.26. The Bertz CT molecular complexity index is 421. The van der Waals surface area contributed by atoms with Gasteiger partial charge in [-0.15, -0.1) is 0 Å². The van der Waals surface area contributed by atoms with Gasteiger partial charge in [0.1, 0.15) is 5.82 Å². The van der Waals surface area contributed by atoms with Gasteiger partial charge in [-0.05, 0) is 51.8 Å². The van der Waals surface area contributed by atoms with Crippen molar-refractivity contribution in [3.63, 3.8) is 0 Å². The lowest BCUT2D eigenvalue weighted by molar-refractivity contribution is -0.134. The van der Waals surface area contributed by atoms with Crippen LogP contribution < -0.4 is 5.32 Å². The van der Waals surface area contributed by atoms with Gasteiger partial charge in [-0.3, -0.25) is 0 Å². The van der Waals surface area contributed by atoms with Crippen LogP contribution in [0.2, 0.25) is 0 Å². The molecule has 1 N–H and O–H groups in total. The maximum atomic E-state index is 12.2. The Morgan fingerprint density at radius 1 is 1.00 bits per heavy atom. The highest BCUT2D eigenvalue weighted by atomic mass is 19.4. The minimum Gasteiger partial charge on any atom is -0.317 e. The summed E-state index contributed by atoms with van der Waals surface area (Å²) in [5.41, 5.74) is 2.66. The van der Waals surface area contributed by atoms with Gasteiger partial charge in [-0.1, -0.05) is 6.92 Å². The molecule has 0 unspecified atom stereocenters. The molecule has 0 saturated carbocycles. The third kappa shape index (κ3) is 6.89. The zero-order chi connectivity index (χ0) is 15.9. The number of halogens is 3. The van der Waals surface area contributed by atoms with E-state index in [1.807, 2.05) is 13.8 Å². The number of rotatable bonds is 8. The van der Waals surface area contributed by atoms with Crippen molar-refractivity contribution in [2.75, 3.05) is 13.1 Å². The highest BCUT2D eigenvalue weighted by molar-refractivity contribution is 5.24. The van der Waals surface area contributed by atoms with Crippen molar-refractivity contribution in [3.8, 4) is 0 Å². The normalized spacial score (nSPS) is 11.9. The second-order valence-corrected chi connectivity index (χ2v) is 5.26. The average Bonchev–Trinajstić information content (AvgIpc) is 2.38. The third-order valence-corrected chi connectivity index (χ3v) is 3.31. The fourth-order valence-corrected chi connectivity index (χ4v) is 2.23. The molecule has 0 amide bonds. The van der Waals surface area contributed by atoms with E-state index in [-0.39, 0.29) is 12.2 Å². The van der Waals surface area contributed by atoms with Crippen molar-refractivity contribution < 1.29 is 13.2 Å². The van der Waals surface area contributed by atoms with E-state index in [2.05, 4.69) is 22.2 Å². The molecule has 0 aliphatic heterocycles. The molecule has 0 saturated heterocycles. The van der Waals surface area contributed by atoms with Crippen LogP contribution in [0, 0.1) is 13.8 Å². The van der Waals surface area contributed by atoms with Crippen LogP contribution in [0.25, 0.3) is 0 Å². The third-order valence-electron chi connectivity index (χ3n) is 3.31. The lowest BCUT2D eigenvalue weighted by atomic mass is 10.1.